The van der Waals surface area contributed by atoms with Crippen LogP contribution in [0.25, 0.3) is 11.1 Å². The Morgan fingerprint density at radius 3 is 2.51 bits per heavy atom. The van der Waals surface area contributed by atoms with Gasteiger partial charge in [0.15, 0.2) is 11.4 Å². The Morgan fingerprint density at radius 1 is 1.03 bits per heavy atom. The summed E-state index contributed by atoms with van der Waals surface area (Å²) >= 11 is 5.82. The molecule has 35 heavy (non-hydrogen) atoms. The van der Waals surface area contributed by atoms with Crippen molar-refractivity contribution in [3.63, 3.8) is 0 Å². The highest BCUT2D eigenvalue weighted by Crippen LogP contribution is 2.23. The Bertz CT molecular complexity index is 1460. The second-order valence-corrected chi connectivity index (χ2v) is 7.58. The highest BCUT2D eigenvalue weighted by Gasteiger charge is 2.17. The number of oxazole rings is 1. The zero-order valence-electron chi connectivity index (χ0n) is 17.8. The summed E-state index contributed by atoms with van der Waals surface area (Å²) in [4.78, 5) is 56.5. The maximum atomic E-state index is 12.4. The number of hydrogen-bond acceptors (Lipinski definition) is 7. The number of benzene rings is 2. The van der Waals surface area contributed by atoms with Crippen LogP contribution in [-0.2, 0) is 11.2 Å². The topological polar surface area (TPSA) is 197 Å². The molecular formula is C21H18ClN7O6. The van der Waals surface area contributed by atoms with Gasteiger partial charge in [-0.25, -0.2) is 14.4 Å². The standard InChI is InChI=1S/C21H18ClN7O6/c22-10-1-3-11(4-2-10)25-20(32)29-17-18(35-19(23)31)28-15(27-17)7-8-16(30)24-12-5-6-13-14(9-12)34-21(33)26-13/h1-6,9H,7-8H2,(H2,23,31)(H,24,30)(H,26,33)(H,27,28)(H2,25,29,32). The van der Waals surface area contributed by atoms with Gasteiger partial charge in [0.2, 0.25) is 5.91 Å². The summed E-state index contributed by atoms with van der Waals surface area (Å²) < 4.78 is 9.80. The molecule has 4 rings (SSSR count). The normalized spacial score (nSPS) is 10.7. The van der Waals surface area contributed by atoms with Crippen molar-refractivity contribution in [2.24, 2.45) is 5.73 Å². The third kappa shape index (κ3) is 6.17. The zero-order chi connectivity index (χ0) is 24.9. The fourth-order valence-electron chi connectivity index (χ4n) is 3.06. The van der Waals surface area contributed by atoms with Crippen LogP contribution in [0.3, 0.4) is 0 Å². The fraction of sp³-hybridized carbons (Fsp3) is 0.0952. The largest absolute Gasteiger partial charge is 0.417 e. The number of aromatic amines is 2. The molecule has 2 heterocycles. The van der Waals surface area contributed by atoms with Crippen molar-refractivity contribution in [3.05, 3.63) is 63.9 Å². The molecule has 0 saturated heterocycles. The number of carbonyl (C=O) groups is 3. The Balaban J connectivity index is 1.38. The molecule has 0 fully saturated rings. The maximum Gasteiger partial charge on any atom is 0.417 e. The zero-order valence-corrected chi connectivity index (χ0v) is 18.6. The number of rotatable bonds is 7. The molecule has 0 aliphatic rings. The number of nitrogens with one attached hydrogen (secondary N) is 5. The number of nitrogens with zero attached hydrogens (tertiary/aromatic N) is 1. The molecule has 0 atom stereocenters. The van der Waals surface area contributed by atoms with Crippen molar-refractivity contribution >= 4 is 57.9 Å². The van der Waals surface area contributed by atoms with Gasteiger partial charge in [-0.3, -0.25) is 15.1 Å². The number of fused-ring (bicyclic) bond motifs is 1. The summed E-state index contributed by atoms with van der Waals surface area (Å²) in [5.74, 6) is -0.983. The van der Waals surface area contributed by atoms with E-state index in [-0.39, 0.29) is 36.3 Å². The molecule has 0 aliphatic heterocycles. The van der Waals surface area contributed by atoms with Gasteiger partial charge in [-0.05, 0) is 36.4 Å². The molecule has 4 amide bonds. The number of carbonyl (C=O) groups excluding carboxylic acids is 3. The van der Waals surface area contributed by atoms with E-state index in [9.17, 15) is 19.2 Å². The van der Waals surface area contributed by atoms with E-state index in [2.05, 4.69) is 30.9 Å². The lowest BCUT2D eigenvalue weighted by molar-refractivity contribution is -0.116. The minimum atomic E-state index is -1.13. The number of urea groups is 1. The van der Waals surface area contributed by atoms with E-state index >= 15 is 0 Å². The fourth-order valence-corrected chi connectivity index (χ4v) is 3.19. The minimum Gasteiger partial charge on any atom is -0.408 e. The number of H-pyrrole nitrogens is 2. The van der Waals surface area contributed by atoms with Crippen molar-refractivity contribution in [2.45, 2.75) is 12.8 Å². The van der Waals surface area contributed by atoms with E-state index in [4.69, 9.17) is 26.5 Å². The summed E-state index contributed by atoms with van der Waals surface area (Å²) in [6.45, 7) is 0. The molecule has 13 nitrogen and oxygen atoms in total. The minimum absolute atomic E-state index is 0.00490. The highest BCUT2D eigenvalue weighted by molar-refractivity contribution is 6.30. The van der Waals surface area contributed by atoms with Crippen LogP contribution in [0, 0.1) is 0 Å². The Hall–Kier alpha value is -4.78. The summed E-state index contributed by atoms with van der Waals surface area (Å²) in [5, 5.41) is 8.24. The average Bonchev–Trinajstić information content (AvgIpc) is 3.34. The van der Waals surface area contributed by atoms with Crippen LogP contribution in [0.15, 0.2) is 51.7 Å². The Labute approximate surface area is 201 Å². The number of imidazole rings is 1. The van der Waals surface area contributed by atoms with Crippen molar-refractivity contribution < 1.29 is 23.5 Å². The lowest BCUT2D eigenvalue weighted by atomic mass is 10.2. The SMILES string of the molecule is NC(=O)Oc1nc(CCC(=O)Nc2ccc3[nH]c(=O)oc3c2)[nH]c1NC(=O)Nc1ccc(Cl)cc1. The van der Waals surface area contributed by atoms with Gasteiger partial charge in [0.25, 0.3) is 5.88 Å². The molecule has 0 spiro atoms. The van der Waals surface area contributed by atoms with E-state index in [0.29, 0.717) is 27.5 Å². The van der Waals surface area contributed by atoms with Gasteiger partial charge in [-0.2, -0.15) is 4.98 Å². The predicted molar refractivity (Wildman–Crippen MR) is 127 cm³/mol. The van der Waals surface area contributed by atoms with Gasteiger partial charge in [-0.15, -0.1) is 0 Å². The number of primary amides is 1. The summed E-state index contributed by atoms with van der Waals surface area (Å²) in [7, 11) is 0. The first-order chi connectivity index (χ1) is 16.7. The van der Waals surface area contributed by atoms with E-state index in [1.165, 1.54) is 6.07 Å². The number of ether oxygens (including phenoxy) is 1. The van der Waals surface area contributed by atoms with Crippen molar-refractivity contribution in [2.75, 3.05) is 16.0 Å². The van der Waals surface area contributed by atoms with Crippen molar-refractivity contribution in [1.29, 1.82) is 0 Å². The lowest BCUT2D eigenvalue weighted by Gasteiger charge is -2.07. The third-order valence-electron chi connectivity index (χ3n) is 4.55. The molecule has 7 N–H and O–H groups in total. The molecule has 0 unspecified atom stereocenters. The molecule has 180 valence electrons. The molecule has 4 aromatic rings. The smallest absolute Gasteiger partial charge is 0.408 e. The van der Waals surface area contributed by atoms with Gasteiger partial charge in [0, 0.05) is 35.3 Å². The third-order valence-corrected chi connectivity index (χ3v) is 4.80. The summed E-state index contributed by atoms with van der Waals surface area (Å²) in [6.07, 6.45) is -1.02. The van der Waals surface area contributed by atoms with E-state index in [1.54, 1.807) is 36.4 Å². The summed E-state index contributed by atoms with van der Waals surface area (Å²) in [5.41, 5.74) is 6.79. The van der Waals surface area contributed by atoms with Crippen LogP contribution < -0.4 is 32.2 Å². The van der Waals surface area contributed by atoms with Gasteiger partial charge >= 0.3 is 17.9 Å². The van der Waals surface area contributed by atoms with Crippen LogP contribution in [0.1, 0.15) is 12.2 Å². The second-order valence-electron chi connectivity index (χ2n) is 7.14. The van der Waals surface area contributed by atoms with Gasteiger partial charge in [0.05, 0.1) is 5.52 Å². The first-order valence-corrected chi connectivity index (χ1v) is 10.5. The quantitative estimate of drug-likeness (QED) is 0.224. The van der Waals surface area contributed by atoms with Gasteiger partial charge in [0.1, 0.15) is 5.82 Å². The Morgan fingerprint density at radius 2 is 1.77 bits per heavy atom. The molecule has 14 heteroatoms. The van der Waals surface area contributed by atoms with E-state index in [0.717, 1.165) is 0 Å². The average molecular weight is 500 g/mol. The molecular weight excluding hydrogens is 482 g/mol. The molecule has 0 saturated carbocycles. The number of halogens is 1. The number of nitrogens with two attached hydrogens (primary N) is 1. The predicted octanol–water partition coefficient (Wildman–Crippen LogP) is 3.17. The van der Waals surface area contributed by atoms with Crippen LogP contribution in [0.5, 0.6) is 5.88 Å². The van der Waals surface area contributed by atoms with Crippen LogP contribution >= 0.6 is 11.6 Å². The molecule has 0 bridgehead atoms. The number of aryl methyl sites for hydroxylation is 1. The monoisotopic (exact) mass is 499 g/mol. The van der Waals surface area contributed by atoms with Crippen molar-refractivity contribution in [1.82, 2.24) is 15.0 Å². The number of aromatic nitrogens is 3. The van der Waals surface area contributed by atoms with E-state index in [1.807, 2.05) is 0 Å². The lowest BCUT2D eigenvalue weighted by Crippen LogP contribution is -2.21. The first kappa shape index (κ1) is 23.4. The number of hydrogen-bond donors (Lipinski definition) is 6. The number of anilines is 3. The first-order valence-electron chi connectivity index (χ1n) is 10.1. The highest BCUT2D eigenvalue weighted by atomic mass is 35.5. The summed E-state index contributed by atoms with van der Waals surface area (Å²) in [6, 6.07) is 10.5. The van der Waals surface area contributed by atoms with Crippen molar-refractivity contribution in [3.8, 4) is 5.88 Å². The maximum absolute atomic E-state index is 12.4. The van der Waals surface area contributed by atoms with Gasteiger partial charge < -0.3 is 30.5 Å². The molecule has 2 aromatic heterocycles. The number of amides is 4. The second kappa shape index (κ2) is 10.0. The van der Waals surface area contributed by atoms with E-state index < -0.39 is 17.9 Å². The van der Waals surface area contributed by atoms with Crippen LogP contribution in [-0.4, -0.2) is 33.0 Å². The van der Waals surface area contributed by atoms with Crippen LogP contribution in [0.2, 0.25) is 5.02 Å². The molecule has 0 radical (unpaired) electrons. The van der Waals surface area contributed by atoms with Gasteiger partial charge in [-0.1, -0.05) is 11.6 Å². The Kier molecular flexibility index (Phi) is 6.69. The molecule has 0 aliphatic carbocycles. The van der Waals surface area contributed by atoms with Crippen LogP contribution in [0.4, 0.5) is 26.8 Å². The molecule has 2 aromatic carbocycles.